The van der Waals surface area contributed by atoms with Gasteiger partial charge in [0.1, 0.15) is 0 Å². The van der Waals surface area contributed by atoms with Crippen LogP contribution in [-0.4, -0.2) is 39.8 Å². The molecule has 0 saturated carbocycles. The van der Waals surface area contributed by atoms with Gasteiger partial charge < -0.3 is 15.5 Å². The molecule has 0 aliphatic heterocycles. The number of rotatable bonds is 5. The van der Waals surface area contributed by atoms with Crippen LogP contribution < -0.4 is 10.6 Å². The minimum Gasteiger partial charge on any atom is -0.479 e. The second-order valence-corrected chi connectivity index (χ2v) is 6.17. The van der Waals surface area contributed by atoms with Crippen molar-refractivity contribution in [2.75, 3.05) is 11.9 Å². The zero-order valence-electron chi connectivity index (χ0n) is 11.6. The Morgan fingerprint density at radius 3 is 2.60 bits per heavy atom. The summed E-state index contributed by atoms with van der Waals surface area (Å²) in [6.45, 7) is 6.15. The van der Waals surface area contributed by atoms with Gasteiger partial charge in [-0.3, -0.25) is 5.32 Å². The molecule has 0 aliphatic carbocycles. The van der Waals surface area contributed by atoms with Gasteiger partial charge in [-0.15, -0.1) is 11.3 Å². The number of amides is 2. The van der Waals surface area contributed by atoms with Crippen LogP contribution in [-0.2, 0) is 10.2 Å². The fourth-order valence-electron chi connectivity index (χ4n) is 1.26. The zero-order chi connectivity index (χ0) is 15.3. The maximum Gasteiger partial charge on any atom is 0.332 e. The minimum absolute atomic E-state index is 0.0478. The Balaban J connectivity index is 2.39. The Kier molecular flexibility index (Phi) is 5.46. The number of aromatic nitrogens is 1. The Labute approximate surface area is 121 Å². The summed E-state index contributed by atoms with van der Waals surface area (Å²) in [4.78, 5) is 26.2. The molecule has 1 heterocycles. The number of aliphatic hydroxyl groups excluding tert-OH is 1. The van der Waals surface area contributed by atoms with E-state index in [1.165, 1.54) is 11.3 Å². The number of nitrogens with one attached hydrogen (secondary N) is 2. The van der Waals surface area contributed by atoms with E-state index in [4.69, 9.17) is 10.2 Å². The van der Waals surface area contributed by atoms with Crippen LogP contribution in [0.3, 0.4) is 0 Å². The number of anilines is 1. The van der Waals surface area contributed by atoms with E-state index in [0.29, 0.717) is 5.13 Å². The standard InChI is InChI=1S/C12H19N3O4S/c1-12(2,3)8-6-20-11(14-8)15-10(19)13-5-4-7(16)9(17)18/h6-7,16H,4-5H2,1-3H3,(H,17,18)(H2,13,14,15,19). The largest absolute Gasteiger partial charge is 0.479 e. The number of carboxylic acid groups (broad SMARTS) is 1. The molecular weight excluding hydrogens is 282 g/mol. The number of carbonyl (C=O) groups is 2. The summed E-state index contributed by atoms with van der Waals surface area (Å²) in [5, 5.41) is 24.9. The predicted octanol–water partition coefficient (Wildman–Crippen LogP) is 1.40. The van der Waals surface area contributed by atoms with E-state index in [1.807, 2.05) is 26.2 Å². The molecule has 1 aromatic heterocycles. The molecule has 1 rings (SSSR count). The van der Waals surface area contributed by atoms with Crippen molar-refractivity contribution >= 4 is 28.5 Å². The normalized spacial score (nSPS) is 12.8. The van der Waals surface area contributed by atoms with Gasteiger partial charge in [-0.05, 0) is 0 Å². The fraction of sp³-hybridized carbons (Fsp3) is 0.583. The van der Waals surface area contributed by atoms with Crippen LogP contribution in [0.1, 0.15) is 32.9 Å². The summed E-state index contributed by atoms with van der Waals surface area (Å²) in [6, 6.07) is -0.475. The first kappa shape index (κ1) is 16.4. The van der Waals surface area contributed by atoms with E-state index in [-0.39, 0.29) is 18.4 Å². The molecule has 0 spiro atoms. The highest BCUT2D eigenvalue weighted by Gasteiger charge is 2.18. The first-order valence-electron chi connectivity index (χ1n) is 6.12. The van der Waals surface area contributed by atoms with E-state index in [9.17, 15) is 9.59 Å². The van der Waals surface area contributed by atoms with E-state index < -0.39 is 18.1 Å². The van der Waals surface area contributed by atoms with Gasteiger partial charge in [0.05, 0.1) is 5.69 Å². The molecule has 1 unspecified atom stereocenters. The predicted molar refractivity (Wildman–Crippen MR) is 76.1 cm³/mol. The lowest BCUT2D eigenvalue weighted by Crippen LogP contribution is -2.33. The van der Waals surface area contributed by atoms with Crippen LogP contribution in [0.5, 0.6) is 0 Å². The molecule has 0 aromatic carbocycles. The van der Waals surface area contributed by atoms with Gasteiger partial charge in [0.2, 0.25) is 0 Å². The van der Waals surface area contributed by atoms with Crippen molar-refractivity contribution in [1.29, 1.82) is 0 Å². The summed E-state index contributed by atoms with van der Waals surface area (Å²) in [7, 11) is 0. The quantitative estimate of drug-likeness (QED) is 0.657. The van der Waals surface area contributed by atoms with Crippen LogP contribution in [0, 0.1) is 0 Å². The molecule has 0 fully saturated rings. The molecule has 20 heavy (non-hydrogen) atoms. The number of aliphatic carboxylic acids is 1. The average Bonchev–Trinajstić information content (AvgIpc) is 2.76. The van der Waals surface area contributed by atoms with Gasteiger partial charge >= 0.3 is 12.0 Å². The highest BCUT2D eigenvalue weighted by molar-refractivity contribution is 7.13. The topological polar surface area (TPSA) is 112 Å². The lowest BCUT2D eigenvalue weighted by molar-refractivity contribution is -0.146. The second-order valence-electron chi connectivity index (χ2n) is 5.31. The Morgan fingerprint density at radius 2 is 2.10 bits per heavy atom. The average molecular weight is 301 g/mol. The number of carboxylic acids is 1. The van der Waals surface area contributed by atoms with Crippen molar-refractivity contribution in [2.24, 2.45) is 0 Å². The maximum absolute atomic E-state index is 11.5. The summed E-state index contributed by atoms with van der Waals surface area (Å²) < 4.78 is 0. The van der Waals surface area contributed by atoms with Gasteiger partial charge in [-0.1, -0.05) is 20.8 Å². The zero-order valence-corrected chi connectivity index (χ0v) is 12.5. The Bertz CT molecular complexity index is 481. The molecule has 1 aromatic rings. The monoisotopic (exact) mass is 301 g/mol. The van der Waals surface area contributed by atoms with Crippen LogP contribution in [0.4, 0.5) is 9.93 Å². The molecule has 2 amide bonds. The van der Waals surface area contributed by atoms with Gasteiger partial charge in [0.25, 0.3) is 0 Å². The minimum atomic E-state index is -1.47. The van der Waals surface area contributed by atoms with Crippen molar-refractivity contribution in [3.8, 4) is 0 Å². The van der Waals surface area contributed by atoms with Crippen LogP contribution in [0.25, 0.3) is 0 Å². The van der Waals surface area contributed by atoms with Crippen LogP contribution >= 0.6 is 11.3 Å². The Hall–Kier alpha value is -1.67. The first-order valence-corrected chi connectivity index (χ1v) is 7.00. The van der Waals surface area contributed by atoms with Crippen molar-refractivity contribution in [1.82, 2.24) is 10.3 Å². The van der Waals surface area contributed by atoms with Crippen LogP contribution in [0.2, 0.25) is 0 Å². The highest BCUT2D eigenvalue weighted by Crippen LogP contribution is 2.26. The lowest BCUT2D eigenvalue weighted by atomic mass is 9.93. The number of hydrogen-bond donors (Lipinski definition) is 4. The van der Waals surface area contributed by atoms with Crippen LogP contribution in [0.15, 0.2) is 5.38 Å². The number of urea groups is 1. The van der Waals surface area contributed by atoms with E-state index in [0.717, 1.165) is 5.69 Å². The highest BCUT2D eigenvalue weighted by atomic mass is 32.1. The van der Waals surface area contributed by atoms with Gasteiger partial charge in [-0.2, -0.15) is 0 Å². The summed E-state index contributed by atoms with van der Waals surface area (Å²) in [6.07, 6.45) is -1.52. The lowest BCUT2D eigenvalue weighted by Gasteiger charge is -2.14. The molecule has 0 bridgehead atoms. The molecule has 0 saturated heterocycles. The third kappa shape index (κ3) is 5.14. The third-order valence-corrected chi connectivity index (χ3v) is 3.24. The molecule has 7 nitrogen and oxygen atoms in total. The summed E-state index contributed by atoms with van der Waals surface area (Å²) in [5.74, 6) is -1.30. The number of nitrogens with zero attached hydrogens (tertiary/aromatic N) is 1. The number of carbonyl (C=O) groups excluding carboxylic acids is 1. The molecule has 0 radical (unpaired) electrons. The van der Waals surface area contributed by atoms with E-state index >= 15 is 0 Å². The SMILES string of the molecule is CC(C)(C)c1csc(NC(=O)NCCC(O)C(=O)O)n1. The summed E-state index contributed by atoms with van der Waals surface area (Å²) in [5.41, 5.74) is 0.803. The smallest absolute Gasteiger partial charge is 0.332 e. The van der Waals surface area contributed by atoms with Gasteiger partial charge in [0.15, 0.2) is 11.2 Å². The van der Waals surface area contributed by atoms with E-state index in [2.05, 4.69) is 15.6 Å². The molecule has 0 aliphatic rings. The summed E-state index contributed by atoms with van der Waals surface area (Å²) >= 11 is 1.32. The van der Waals surface area contributed by atoms with E-state index in [1.54, 1.807) is 0 Å². The van der Waals surface area contributed by atoms with Crippen molar-refractivity contribution in [2.45, 2.75) is 38.7 Å². The van der Waals surface area contributed by atoms with Crippen molar-refractivity contribution in [3.63, 3.8) is 0 Å². The second kappa shape index (κ2) is 6.67. The molecule has 1 atom stereocenters. The van der Waals surface area contributed by atoms with Gasteiger partial charge in [0, 0.05) is 23.8 Å². The Morgan fingerprint density at radius 1 is 1.45 bits per heavy atom. The molecule has 112 valence electrons. The third-order valence-electron chi connectivity index (χ3n) is 2.48. The van der Waals surface area contributed by atoms with Crippen molar-refractivity contribution in [3.05, 3.63) is 11.1 Å². The molecule has 8 heteroatoms. The molecular formula is C12H19N3O4S. The number of hydrogen-bond acceptors (Lipinski definition) is 5. The number of thiazole rings is 1. The number of aliphatic hydroxyl groups is 1. The maximum atomic E-state index is 11.5. The first-order chi connectivity index (χ1) is 9.20. The molecule has 4 N–H and O–H groups in total. The van der Waals surface area contributed by atoms with Gasteiger partial charge in [-0.25, -0.2) is 14.6 Å². The fourth-order valence-corrected chi connectivity index (χ4v) is 2.20. The van der Waals surface area contributed by atoms with Crippen molar-refractivity contribution < 1.29 is 19.8 Å².